The monoisotopic (exact) mass is 354 g/mol. The van der Waals surface area contributed by atoms with E-state index in [0.717, 1.165) is 20.9 Å². The molecule has 0 bridgehead atoms. The van der Waals surface area contributed by atoms with Gasteiger partial charge in [-0.2, -0.15) is 0 Å². The van der Waals surface area contributed by atoms with Gasteiger partial charge in [0.25, 0.3) is 0 Å². The Hall–Kier alpha value is -2.20. The molecule has 0 amide bonds. The molecule has 4 rings (SSSR count). The Morgan fingerprint density at radius 1 is 1.00 bits per heavy atom. The van der Waals surface area contributed by atoms with Crippen LogP contribution >= 0.6 is 15.9 Å². The Kier molecular flexibility index (Phi) is 2.84. The third-order valence-corrected chi connectivity index (χ3v) is 4.79. The van der Waals surface area contributed by atoms with E-state index in [9.17, 15) is 5.11 Å². The summed E-state index contributed by atoms with van der Waals surface area (Å²) in [5, 5.41) is 13.6. The molecule has 0 radical (unpaired) electrons. The van der Waals surface area contributed by atoms with E-state index in [1.807, 2.05) is 35.0 Å². The summed E-state index contributed by atoms with van der Waals surface area (Å²) in [6.45, 7) is 2.10. The summed E-state index contributed by atoms with van der Waals surface area (Å²) in [5.74, 6) is 0.267. The molecule has 110 valence electrons. The zero-order valence-corrected chi connectivity index (χ0v) is 13.9. The highest BCUT2D eigenvalue weighted by molar-refractivity contribution is 9.10. The van der Waals surface area contributed by atoms with Gasteiger partial charge < -0.3 is 9.67 Å². The van der Waals surface area contributed by atoms with Crippen molar-refractivity contribution in [2.75, 3.05) is 0 Å². The van der Waals surface area contributed by atoms with Gasteiger partial charge in [-0.25, -0.2) is 0 Å². The Balaban J connectivity index is 1.96. The molecule has 0 saturated carbocycles. The number of aromatic nitrogens is 2. The lowest BCUT2D eigenvalue weighted by molar-refractivity contribution is 0.448. The van der Waals surface area contributed by atoms with Crippen LogP contribution in [0, 0.1) is 6.92 Å². The highest BCUT2D eigenvalue weighted by Crippen LogP contribution is 2.33. The lowest BCUT2D eigenvalue weighted by atomic mass is 10.2. The first-order chi connectivity index (χ1) is 10.5. The third-order valence-electron chi connectivity index (χ3n) is 4.30. The normalized spacial score (nSPS) is 11.6. The van der Waals surface area contributed by atoms with Crippen LogP contribution in [-0.4, -0.2) is 14.2 Å². The SMILES string of the molecule is Cc1cc2cc(-n3cc4ccc(Br)cc4c3O)ccc2n1C. The lowest BCUT2D eigenvalue weighted by Gasteiger charge is -2.06. The van der Waals surface area contributed by atoms with E-state index in [1.54, 1.807) is 0 Å². The number of fused-ring (bicyclic) bond motifs is 2. The van der Waals surface area contributed by atoms with Gasteiger partial charge in [0.1, 0.15) is 0 Å². The first-order valence-corrected chi connectivity index (χ1v) is 7.90. The Labute approximate surface area is 136 Å². The standard InChI is InChI=1S/C18H15BrN2O/c1-11-7-13-8-15(5-6-17(13)20(11)2)21-10-12-3-4-14(19)9-16(12)18(21)22/h3-10,22H,1-2H3. The highest BCUT2D eigenvalue weighted by atomic mass is 79.9. The molecule has 0 saturated heterocycles. The predicted octanol–water partition coefficient (Wildman–Crippen LogP) is 4.90. The molecule has 0 fully saturated rings. The number of rotatable bonds is 1. The molecule has 0 spiro atoms. The summed E-state index contributed by atoms with van der Waals surface area (Å²) >= 11 is 3.45. The fourth-order valence-corrected chi connectivity index (χ4v) is 3.35. The average molecular weight is 355 g/mol. The van der Waals surface area contributed by atoms with Crippen LogP contribution in [0.1, 0.15) is 5.69 Å². The fraction of sp³-hybridized carbons (Fsp3) is 0.111. The molecule has 1 N–H and O–H groups in total. The van der Waals surface area contributed by atoms with Gasteiger partial charge in [-0.15, -0.1) is 0 Å². The van der Waals surface area contributed by atoms with Gasteiger partial charge in [0.05, 0.1) is 0 Å². The average Bonchev–Trinajstić information content (AvgIpc) is 2.97. The van der Waals surface area contributed by atoms with Crippen molar-refractivity contribution in [1.82, 2.24) is 9.13 Å². The molecule has 0 unspecified atom stereocenters. The smallest absolute Gasteiger partial charge is 0.203 e. The zero-order chi connectivity index (χ0) is 15.4. The molecule has 4 aromatic rings. The Morgan fingerprint density at radius 2 is 1.82 bits per heavy atom. The number of hydrogen-bond acceptors (Lipinski definition) is 1. The van der Waals surface area contributed by atoms with E-state index < -0.39 is 0 Å². The number of aryl methyl sites for hydroxylation is 2. The molecule has 0 aliphatic rings. The topological polar surface area (TPSA) is 30.1 Å². The van der Waals surface area contributed by atoms with Gasteiger partial charge in [0.15, 0.2) is 0 Å². The first kappa shape index (κ1) is 13.5. The van der Waals surface area contributed by atoms with Gasteiger partial charge in [0.2, 0.25) is 5.88 Å². The second-order valence-corrected chi connectivity index (χ2v) is 6.56. The number of halogens is 1. The van der Waals surface area contributed by atoms with Crippen molar-refractivity contribution >= 4 is 37.6 Å². The van der Waals surface area contributed by atoms with Crippen molar-refractivity contribution in [3.63, 3.8) is 0 Å². The van der Waals surface area contributed by atoms with Crippen LogP contribution in [-0.2, 0) is 7.05 Å². The first-order valence-electron chi connectivity index (χ1n) is 7.10. The van der Waals surface area contributed by atoms with Crippen LogP contribution < -0.4 is 0 Å². The summed E-state index contributed by atoms with van der Waals surface area (Å²) < 4.78 is 4.96. The second-order valence-electron chi connectivity index (χ2n) is 5.64. The van der Waals surface area contributed by atoms with E-state index in [1.165, 1.54) is 16.6 Å². The molecular formula is C18H15BrN2O. The minimum absolute atomic E-state index is 0.267. The van der Waals surface area contributed by atoms with Gasteiger partial charge >= 0.3 is 0 Å². The fourth-order valence-electron chi connectivity index (χ4n) is 2.99. The largest absolute Gasteiger partial charge is 0.494 e. The maximum Gasteiger partial charge on any atom is 0.203 e. The second kappa shape index (κ2) is 4.65. The quantitative estimate of drug-likeness (QED) is 0.517. The van der Waals surface area contributed by atoms with Crippen LogP contribution in [0.4, 0.5) is 0 Å². The molecule has 2 heterocycles. The van der Waals surface area contributed by atoms with Crippen molar-refractivity contribution in [2.45, 2.75) is 6.92 Å². The number of nitrogens with zero attached hydrogens (tertiary/aromatic N) is 2. The van der Waals surface area contributed by atoms with Gasteiger partial charge in [-0.05, 0) is 43.3 Å². The molecule has 4 heteroatoms. The third kappa shape index (κ3) is 1.87. The molecule has 2 aromatic carbocycles. The van der Waals surface area contributed by atoms with Crippen molar-refractivity contribution in [3.05, 3.63) is 58.8 Å². The maximum atomic E-state index is 10.5. The summed E-state index contributed by atoms with van der Waals surface area (Å²) in [6, 6.07) is 14.3. The van der Waals surface area contributed by atoms with E-state index in [-0.39, 0.29) is 5.88 Å². The van der Waals surface area contributed by atoms with Gasteiger partial charge in [-0.1, -0.05) is 22.0 Å². The molecule has 3 nitrogen and oxygen atoms in total. The lowest BCUT2D eigenvalue weighted by Crippen LogP contribution is -1.92. The van der Waals surface area contributed by atoms with Gasteiger partial charge in [-0.3, -0.25) is 4.57 Å². The Morgan fingerprint density at radius 3 is 2.64 bits per heavy atom. The predicted molar refractivity (Wildman–Crippen MR) is 93.9 cm³/mol. The maximum absolute atomic E-state index is 10.5. The molecule has 2 aromatic heterocycles. The summed E-state index contributed by atoms with van der Waals surface area (Å²) in [5.41, 5.74) is 3.38. The van der Waals surface area contributed by atoms with E-state index in [2.05, 4.69) is 52.7 Å². The summed E-state index contributed by atoms with van der Waals surface area (Å²) in [4.78, 5) is 0. The van der Waals surface area contributed by atoms with Crippen molar-refractivity contribution in [3.8, 4) is 11.6 Å². The van der Waals surface area contributed by atoms with E-state index >= 15 is 0 Å². The molecule has 22 heavy (non-hydrogen) atoms. The van der Waals surface area contributed by atoms with Crippen LogP contribution in [0.15, 0.2) is 53.1 Å². The van der Waals surface area contributed by atoms with Crippen LogP contribution in [0.5, 0.6) is 5.88 Å². The number of benzene rings is 2. The van der Waals surface area contributed by atoms with Crippen molar-refractivity contribution < 1.29 is 5.11 Å². The summed E-state index contributed by atoms with van der Waals surface area (Å²) in [6.07, 6.45) is 1.97. The van der Waals surface area contributed by atoms with E-state index in [0.29, 0.717) is 0 Å². The zero-order valence-electron chi connectivity index (χ0n) is 12.3. The Bertz CT molecular complexity index is 1030. The molecule has 0 aliphatic carbocycles. The van der Waals surface area contributed by atoms with Gasteiger partial charge in [0, 0.05) is 50.8 Å². The number of hydrogen-bond donors (Lipinski definition) is 1. The minimum atomic E-state index is 0.267. The molecule has 0 atom stereocenters. The summed E-state index contributed by atoms with van der Waals surface area (Å²) in [7, 11) is 2.07. The van der Waals surface area contributed by atoms with Crippen molar-refractivity contribution in [2.24, 2.45) is 7.05 Å². The van der Waals surface area contributed by atoms with E-state index in [4.69, 9.17) is 0 Å². The minimum Gasteiger partial charge on any atom is -0.494 e. The van der Waals surface area contributed by atoms with Crippen LogP contribution in [0.2, 0.25) is 0 Å². The van der Waals surface area contributed by atoms with Crippen LogP contribution in [0.3, 0.4) is 0 Å². The molecule has 0 aliphatic heterocycles. The highest BCUT2D eigenvalue weighted by Gasteiger charge is 2.11. The number of aromatic hydroxyl groups is 1. The van der Waals surface area contributed by atoms with Crippen LogP contribution in [0.25, 0.3) is 27.4 Å². The molecular weight excluding hydrogens is 340 g/mol. The van der Waals surface area contributed by atoms with Crippen molar-refractivity contribution in [1.29, 1.82) is 0 Å².